The van der Waals surface area contributed by atoms with Gasteiger partial charge in [0.25, 0.3) is 0 Å². The Morgan fingerprint density at radius 3 is 2.03 bits per heavy atom. The summed E-state index contributed by atoms with van der Waals surface area (Å²) in [6, 6.07) is 0. The average molecular weight is 406 g/mol. The number of amides is 2. The topological polar surface area (TPSA) is 43.9 Å². The Balaban J connectivity index is 1.26. The van der Waals surface area contributed by atoms with Crippen LogP contribution < -0.4 is 0 Å². The van der Waals surface area contributed by atoms with Gasteiger partial charge in [0.1, 0.15) is 0 Å². The number of hydrogen-bond acceptors (Lipinski definition) is 3. The van der Waals surface area contributed by atoms with E-state index < -0.39 is 0 Å². The van der Waals surface area contributed by atoms with E-state index in [9.17, 15) is 9.59 Å². The third-order valence-corrected chi connectivity index (χ3v) is 7.77. The molecule has 1 aliphatic carbocycles. The number of hydrogen-bond donors (Lipinski definition) is 0. The molecule has 0 radical (unpaired) electrons. The van der Waals surface area contributed by atoms with Crippen molar-refractivity contribution in [1.29, 1.82) is 0 Å². The molecule has 0 aromatic heterocycles. The minimum absolute atomic E-state index is 0.230. The zero-order valence-corrected chi connectivity index (χ0v) is 19.1. The summed E-state index contributed by atoms with van der Waals surface area (Å²) in [5.74, 6) is 1.75. The van der Waals surface area contributed by atoms with E-state index in [-0.39, 0.29) is 11.8 Å². The molecule has 5 nitrogen and oxygen atoms in total. The van der Waals surface area contributed by atoms with Gasteiger partial charge in [-0.25, -0.2) is 0 Å². The van der Waals surface area contributed by atoms with E-state index in [2.05, 4.69) is 23.6 Å². The van der Waals surface area contributed by atoms with Gasteiger partial charge in [-0.05, 0) is 62.8 Å². The van der Waals surface area contributed by atoms with Crippen LogP contribution in [0.1, 0.15) is 78.6 Å². The van der Waals surface area contributed by atoms with Crippen LogP contribution in [0.5, 0.6) is 0 Å². The normalized spacial score (nSPS) is 24.7. The predicted molar refractivity (Wildman–Crippen MR) is 118 cm³/mol. The second kappa shape index (κ2) is 10.3. The first-order valence-corrected chi connectivity index (χ1v) is 12.1. The first-order chi connectivity index (χ1) is 13.8. The molecule has 2 aliphatic heterocycles. The van der Waals surface area contributed by atoms with Gasteiger partial charge in [0, 0.05) is 52.1 Å². The number of carbonyl (C=O) groups excluding carboxylic acids is 2. The maximum atomic E-state index is 12.9. The maximum absolute atomic E-state index is 12.9. The Labute approximate surface area is 178 Å². The largest absolute Gasteiger partial charge is 0.343 e. The second-order valence-electron chi connectivity index (χ2n) is 10.6. The first-order valence-electron chi connectivity index (χ1n) is 12.1. The number of nitrogens with zero attached hydrogens (tertiary/aromatic N) is 3. The fourth-order valence-electron chi connectivity index (χ4n) is 5.40. The Morgan fingerprint density at radius 2 is 1.45 bits per heavy atom. The van der Waals surface area contributed by atoms with Crippen LogP contribution in [0.15, 0.2) is 0 Å². The summed E-state index contributed by atoms with van der Waals surface area (Å²) >= 11 is 0. The van der Waals surface area contributed by atoms with E-state index >= 15 is 0 Å². The van der Waals surface area contributed by atoms with Crippen LogP contribution in [0.4, 0.5) is 0 Å². The summed E-state index contributed by atoms with van der Waals surface area (Å²) in [4.78, 5) is 31.0. The molecule has 0 aromatic rings. The van der Waals surface area contributed by atoms with Gasteiger partial charge in [-0.1, -0.05) is 26.7 Å². The monoisotopic (exact) mass is 405 g/mol. The fraction of sp³-hybridized carbons (Fsp3) is 0.917. The smallest absolute Gasteiger partial charge is 0.225 e. The quantitative estimate of drug-likeness (QED) is 0.632. The van der Waals surface area contributed by atoms with E-state index in [1.54, 1.807) is 6.92 Å². The lowest BCUT2D eigenvalue weighted by Crippen LogP contribution is -2.50. The molecule has 0 unspecified atom stereocenters. The highest BCUT2D eigenvalue weighted by molar-refractivity contribution is 5.79. The molecule has 0 aromatic carbocycles. The van der Waals surface area contributed by atoms with E-state index in [1.165, 1.54) is 51.5 Å². The van der Waals surface area contributed by atoms with Crippen molar-refractivity contribution in [3.05, 3.63) is 0 Å². The van der Waals surface area contributed by atoms with Crippen LogP contribution in [0.25, 0.3) is 0 Å². The third kappa shape index (κ3) is 6.70. The minimum atomic E-state index is 0.230. The number of piperidine rings is 1. The highest BCUT2D eigenvalue weighted by Gasteiger charge is 2.33. The molecule has 3 fully saturated rings. The predicted octanol–water partition coefficient (Wildman–Crippen LogP) is 3.78. The summed E-state index contributed by atoms with van der Waals surface area (Å²) in [6.07, 6.45) is 10.8. The Hall–Kier alpha value is -1.10. The van der Waals surface area contributed by atoms with Crippen molar-refractivity contribution >= 4 is 11.8 Å². The zero-order valence-electron chi connectivity index (χ0n) is 19.1. The highest BCUT2D eigenvalue weighted by atomic mass is 16.2. The molecular formula is C24H43N3O2. The molecule has 166 valence electrons. The van der Waals surface area contributed by atoms with Crippen LogP contribution in [0.2, 0.25) is 0 Å². The molecule has 1 saturated carbocycles. The van der Waals surface area contributed by atoms with Crippen LogP contribution in [0.3, 0.4) is 0 Å². The number of piperazine rings is 1. The molecule has 3 rings (SSSR count). The maximum Gasteiger partial charge on any atom is 0.225 e. The van der Waals surface area contributed by atoms with Crippen molar-refractivity contribution in [3.8, 4) is 0 Å². The van der Waals surface area contributed by atoms with Gasteiger partial charge in [0.15, 0.2) is 0 Å². The van der Waals surface area contributed by atoms with Crippen molar-refractivity contribution in [2.45, 2.75) is 78.6 Å². The van der Waals surface area contributed by atoms with Crippen molar-refractivity contribution in [1.82, 2.24) is 14.7 Å². The van der Waals surface area contributed by atoms with Crippen molar-refractivity contribution in [2.24, 2.45) is 17.3 Å². The van der Waals surface area contributed by atoms with Crippen molar-refractivity contribution in [3.63, 3.8) is 0 Å². The molecule has 2 saturated heterocycles. The molecule has 0 atom stereocenters. The van der Waals surface area contributed by atoms with Gasteiger partial charge in [-0.3, -0.25) is 14.5 Å². The van der Waals surface area contributed by atoms with Gasteiger partial charge >= 0.3 is 0 Å². The molecular weight excluding hydrogens is 362 g/mol. The summed E-state index contributed by atoms with van der Waals surface area (Å²) in [6.45, 7) is 13.4. The zero-order chi connectivity index (χ0) is 20.9. The molecule has 3 aliphatic rings. The minimum Gasteiger partial charge on any atom is -0.343 e. The average Bonchev–Trinajstić information content (AvgIpc) is 2.71. The SMILES string of the molecule is CC(=O)N1CCC(CCCCN2CCN(C(=O)C3CCC(C)(C)CC3)CC2)CC1. The summed E-state index contributed by atoms with van der Waals surface area (Å²) < 4.78 is 0. The van der Waals surface area contributed by atoms with E-state index in [4.69, 9.17) is 0 Å². The van der Waals surface area contributed by atoms with E-state index in [1.807, 2.05) is 4.90 Å². The Kier molecular flexibility index (Phi) is 8.00. The van der Waals surface area contributed by atoms with Crippen LogP contribution in [-0.2, 0) is 9.59 Å². The lowest BCUT2D eigenvalue weighted by molar-refractivity contribution is -0.139. The van der Waals surface area contributed by atoms with Gasteiger partial charge in [0.05, 0.1) is 0 Å². The fourth-order valence-corrected chi connectivity index (χ4v) is 5.40. The number of rotatable bonds is 6. The molecule has 2 amide bonds. The van der Waals surface area contributed by atoms with Crippen molar-refractivity contribution < 1.29 is 9.59 Å². The van der Waals surface area contributed by atoms with Gasteiger partial charge in [-0.15, -0.1) is 0 Å². The molecule has 0 N–H and O–H groups in total. The van der Waals surface area contributed by atoms with Gasteiger partial charge in [-0.2, -0.15) is 0 Å². The summed E-state index contributed by atoms with van der Waals surface area (Å²) in [7, 11) is 0. The third-order valence-electron chi connectivity index (χ3n) is 7.77. The Morgan fingerprint density at radius 1 is 0.828 bits per heavy atom. The van der Waals surface area contributed by atoms with Gasteiger partial charge in [0.2, 0.25) is 11.8 Å². The highest BCUT2D eigenvalue weighted by Crippen LogP contribution is 2.38. The first kappa shape index (κ1) is 22.6. The summed E-state index contributed by atoms with van der Waals surface area (Å²) in [5, 5.41) is 0. The lowest BCUT2D eigenvalue weighted by Gasteiger charge is -2.39. The van der Waals surface area contributed by atoms with E-state index in [0.29, 0.717) is 11.3 Å². The van der Waals surface area contributed by atoms with Crippen LogP contribution >= 0.6 is 0 Å². The Bertz CT molecular complexity index is 536. The lowest BCUT2D eigenvalue weighted by atomic mass is 9.73. The molecule has 2 heterocycles. The van der Waals surface area contributed by atoms with Gasteiger partial charge < -0.3 is 9.80 Å². The van der Waals surface area contributed by atoms with E-state index in [0.717, 1.165) is 58.0 Å². The molecule has 5 heteroatoms. The number of likely N-dealkylation sites (tertiary alicyclic amines) is 1. The molecule has 29 heavy (non-hydrogen) atoms. The number of carbonyl (C=O) groups is 2. The molecule has 0 bridgehead atoms. The summed E-state index contributed by atoms with van der Waals surface area (Å²) in [5.41, 5.74) is 0.430. The van der Waals surface area contributed by atoms with Crippen molar-refractivity contribution in [2.75, 3.05) is 45.8 Å². The standard InChI is InChI=1S/C24H43N3O2/c1-20(28)26-14-9-21(10-15-26)6-4-5-13-25-16-18-27(19-17-25)23(29)22-7-11-24(2,3)12-8-22/h21-22H,4-19H2,1-3H3. The molecule has 0 spiro atoms. The second-order valence-corrected chi connectivity index (χ2v) is 10.6. The van der Waals surface area contributed by atoms with Crippen LogP contribution in [-0.4, -0.2) is 72.3 Å². The number of unbranched alkanes of at least 4 members (excludes halogenated alkanes) is 1. The van der Waals surface area contributed by atoms with Crippen LogP contribution in [0, 0.1) is 17.3 Å².